The first-order valence-corrected chi connectivity index (χ1v) is 6.56. The summed E-state index contributed by atoms with van der Waals surface area (Å²) in [5, 5.41) is 29.3. The molecule has 7 heteroatoms. The number of hydrogen-bond donors (Lipinski definition) is 4. The predicted octanol–water partition coefficient (Wildman–Crippen LogP) is 0.681. The van der Waals surface area contributed by atoms with Crippen LogP contribution in [0.4, 0.5) is 5.95 Å². The first kappa shape index (κ1) is 12.7. The van der Waals surface area contributed by atoms with E-state index in [4.69, 9.17) is 0 Å². The van der Waals surface area contributed by atoms with Gasteiger partial charge in [-0.25, -0.2) is 0 Å². The number of aromatic hydroxyl groups is 2. The van der Waals surface area contributed by atoms with Gasteiger partial charge in [0.25, 0.3) is 0 Å². The molecule has 1 aliphatic rings. The Labute approximate surface area is 116 Å². The van der Waals surface area contributed by atoms with Crippen LogP contribution < -0.4 is 10.2 Å². The second-order valence-corrected chi connectivity index (χ2v) is 4.99. The lowest BCUT2D eigenvalue weighted by atomic mass is 10.2. The maximum atomic E-state index is 9.52. The second-order valence-electron chi connectivity index (χ2n) is 4.99. The molecule has 0 amide bonds. The van der Waals surface area contributed by atoms with E-state index in [0.29, 0.717) is 23.4 Å². The summed E-state index contributed by atoms with van der Waals surface area (Å²) in [6, 6.07) is 4.97. The molecule has 0 saturated carbocycles. The van der Waals surface area contributed by atoms with E-state index in [1.165, 1.54) is 12.1 Å². The van der Waals surface area contributed by atoms with E-state index in [0.717, 1.165) is 19.6 Å². The number of nitrogens with zero attached hydrogens (tertiary/aromatic N) is 3. The summed E-state index contributed by atoms with van der Waals surface area (Å²) in [7, 11) is 0. The molecule has 3 rings (SSSR count). The summed E-state index contributed by atoms with van der Waals surface area (Å²) in [6.07, 6.45) is 0. The first-order chi connectivity index (χ1) is 9.63. The molecule has 7 nitrogen and oxygen atoms in total. The molecule has 106 valence electrons. The molecule has 2 heterocycles. The van der Waals surface area contributed by atoms with E-state index in [2.05, 4.69) is 32.3 Å². The molecular formula is C13H17N5O2. The van der Waals surface area contributed by atoms with Crippen LogP contribution in [0.2, 0.25) is 0 Å². The molecule has 20 heavy (non-hydrogen) atoms. The van der Waals surface area contributed by atoms with Gasteiger partial charge < -0.3 is 20.4 Å². The van der Waals surface area contributed by atoms with Crippen molar-refractivity contribution in [2.75, 3.05) is 24.5 Å². The van der Waals surface area contributed by atoms with Crippen LogP contribution >= 0.6 is 0 Å². The van der Waals surface area contributed by atoms with Crippen LogP contribution in [0.15, 0.2) is 18.2 Å². The standard InChI is InChI=1S/C13H17N5O2/c1-8-7-18(5-4-14-8)13-15-12(16-17-13)9-2-3-10(19)11(20)6-9/h2-3,6,8,14,19-20H,4-5,7H2,1H3,(H,15,16,17). The summed E-state index contributed by atoms with van der Waals surface area (Å²) in [4.78, 5) is 6.56. The number of nitrogens with one attached hydrogen (secondary N) is 2. The van der Waals surface area contributed by atoms with Crippen LogP contribution in [-0.4, -0.2) is 51.1 Å². The molecule has 0 bridgehead atoms. The number of phenolic OH excluding ortho intramolecular Hbond substituents is 2. The average Bonchev–Trinajstić information content (AvgIpc) is 2.92. The number of phenols is 2. The van der Waals surface area contributed by atoms with Crippen LogP contribution in [0.3, 0.4) is 0 Å². The van der Waals surface area contributed by atoms with Crippen LogP contribution in [-0.2, 0) is 0 Å². The Kier molecular flexibility index (Phi) is 3.19. The Hall–Kier alpha value is -2.28. The molecule has 0 spiro atoms. The van der Waals surface area contributed by atoms with Crippen LogP contribution in [0.25, 0.3) is 11.4 Å². The largest absolute Gasteiger partial charge is 0.504 e. The third-order valence-corrected chi connectivity index (χ3v) is 3.37. The number of piperazine rings is 1. The highest BCUT2D eigenvalue weighted by atomic mass is 16.3. The number of benzene rings is 1. The summed E-state index contributed by atoms with van der Waals surface area (Å²) < 4.78 is 0. The van der Waals surface area contributed by atoms with Gasteiger partial charge in [0.15, 0.2) is 17.3 Å². The first-order valence-electron chi connectivity index (χ1n) is 6.56. The summed E-state index contributed by atoms with van der Waals surface area (Å²) in [6.45, 7) is 4.75. The van der Waals surface area contributed by atoms with Gasteiger partial charge >= 0.3 is 0 Å². The number of hydrogen-bond acceptors (Lipinski definition) is 6. The highest BCUT2D eigenvalue weighted by Gasteiger charge is 2.19. The molecule has 2 aromatic rings. The summed E-state index contributed by atoms with van der Waals surface area (Å²) >= 11 is 0. The lowest BCUT2D eigenvalue weighted by Crippen LogP contribution is -2.49. The van der Waals surface area contributed by atoms with Crippen LogP contribution in [0.1, 0.15) is 6.92 Å². The van der Waals surface area contributed by atoms with Crippen molar-refractivity contribution in [3.8, 4) is 22.9 Å². The molecule has 0 aliphatic carbocycles. The van der Waals surface area contributed by atoms with Crippen molar-refractivity contribution >= 4 is 5.95 Å². The van der Waals surface area contributed by atoms with E-state index in [1.807, 2.05) is 0 Å². The van der Waals surface area contributed by atoms with E-state index in [1.54, 1.807) is 6.07 Å². The van der Waals surface area contributed by atoms with E-state index in [-0.39, 0.29) is 11.5 Å². The third kappa shape index (κ3) is 2.39. The number of aromatic amines is 1. The van der Waals surface area contributed by atoms with Crippen LogP contribution in [0, 0.1) is 0 Å². The topological polar surface area (TPSA) is 97.3 Å². The number of rotatable bonds is 2. The number of anilines is 1. The minimum atomic E-state index is -0.170. The molecule has 1 saturated heterocycles. The van der Waals surface area contributed by atoms with Crippen molar-refractivity contribution in [2.24, 2.45) is 0 Å². The van der Waals surface area contributed by atoms with Crippen molar-refractivity contribution in [1.29, 1.82) is 0 Å². The molecule has 1 unspecified atom stereocenters. The third-order valence-electron chi connectivity index (χ3n) is 3.37. The molecule has 1 atom stereocenters. The quantitative estimate of drug-likeness (QED) is 0.602. The van der Waals surface area contributed by atoms with Gasteiger partial charge in [-0.3, -0.25) is 5.10 Å². The monoisotopic (exact) mass is 275 g/mol. The molecule has 0 radical (unpaired) electrons. The fourth-order valence-electron chi connectivity index (χ4n) is 2.31. The smallest absolute Gasteiger partial charge is 0.245 e. The zero-order chi connectivity index (χ0) is 14.1. The highest BCUT2D eigenvalue weighted by molar-refractivity contribution is 5.61. The Morgan fingerprint density at radius 2 is 2.15 bits per heavy atom. The van der Waals surface area contributed by atoms with Gasteiger partial charge in [0.1, 0.15) is 0 Å². The van der Waals surface area contributed by atoms with Crippen molar-refractivity contribution in [2.45, 2.75) is 13.0 Å². The van der Waals surface area contributed by atoms with Crippen molar-refractivity contribution < 1.29 is 10.2 Å². The van der Waals surface area contributed by atoms with Crippen molar-refractivity contribution in [3.63, 3.8) is 0 Å². The normalized spacial score (nSPS) is 19.2. The Bertz CT molecular complexity index is 613. The SMILES string of the molecule is CC1CN(c2n[nH]c(-c3ccc(O)c(O)c3)n2)CCN1. The predicted molar refractivity (Wildman–Crippen MR) is 74.8 cm³/mol. The van der Waals surface area contributed by atoms with E-state index >= 15 is 0 Å². The van der Waals surface area contributed by atoms with E-state index < -0.39 is 0 Å². The van der Waals surface area contributed by atoms with Gasteiger partial charge in [-0.2, -0.15) is 4.98 Å². The molecule has 1 aliphatic heterocycles. The Balaban J connectivity index is 1.84. The van der Waals surface area contributed by atoms with E-state index in [9.17, 15) is 10.2 Å². The van der Waals surface area contributed by atoms with Gasteiger partial charge in [0, 0.05) is 31.2 Å². The zero-order valence-corrected chi connectivity index (χ0v) is 11.2. The van der Waals surface area contributed by atoms with Gasteiger partial charge in [-0.15, -0.1) is 5.10 Å². The number of H-pyrrole nitrogens is 1. The maximum Gasteiger partial charge on any atom is 0.245 e. The summed E-state index contributed by atoms with van der Waals surface area (Å²) in [5.41, 5.74) is 0.683. The van der Waals surface area contributed by atoms with Gasteiger partial charge in [-0.05, 0) is 25.1 Å². The Morgan fingerprint density at radius 1 is 1.30 bits per heavy atom. The summed E-state index contributed by atoms with van der Waals surface area (Å²) in [5.74, 6) is 0.906. The van der Waals surface area contributed by atoms with Crippen molar-refractivity contribution in [1.82, 2.24) is 20.5 Å². The molecule has 1 aromatic carbocycles. The number of aromatic nitrogens is 3. The van der Waals surface area contributed by atoms with Gasteiger partial charge in [0.2, 0.25) is 5.95 Å². The molecule has 1 fully saturated rings. The fraction of sp³-hybridized carbons (Fsp3) is 0.385. The maximum absolute atomic E-state index is 9.52. The fourth-order valence-corrected chi connectivity index (χ4v) is 2.31. The minimum Gasteiger partial charge on any atom is -0.504 e. The second kappa shape index (κ2) is 5.01. The lowest BCUT2D eigenvalue weighted by molar-refractivity contribution is 0.404. The molecular weight excluding hydrogens is 258 g/mol. The Morgan fingerprint density at radius 3 is 2.90 bits per heavy atom. The van der Waals surface area contributed by atoms with Gasteiger partial charge in [-0.1, -0.05) is 0 Å². The molecule has 1 aromatic heterocycles. The van der Waals surface area contributed by atoms with Gasteiger partial charge in [0.05, 0.1) is 0 Å². The minimum absolute atomic E-state index is 0.149. The average molecular weight is 275 g/mol. The van der Waals surface area contributed by atoms with Crippen LogP contribution in [0.5, 0.6) is 11.5 Å². The molecule has 4 N–H and O–H groups in total. The zero-order valence-electron chi connectivity index (χ0n) is 11.2. The van der Waals surface area contributed by atoms with Crippen molar-refractivity contribution in [3.05, 3.63) is 18.2 Å². The lowest BCUT2D eigenvalue weighted by Gasteiger charge is -2.30. The highest BCUT2D eigenvalue weighted by Crippen LogP contribution is 2.29.